The minimum atomic E-state index is -0.447. The molecule has 1 atom stereocenters. The van der Waals surface area contributed by atoms with Gasteiger partial charge < -0.3 is 20.9 Å². The average Bonchev–Trinajstić information content (AvgIpc) is 2.46. The number of likely N-dealkylation sites (N-methyl/N-ethyl adjacent to an activating group) is 1. The van der Waals surface area contributed by atoms with E-state index in [2.05, 4.69) is 10.2 Å². The van der Waals surface area contributed by atoms with Crippen LogP contribution in [-0.2, 0) is 4.79 Å². The minimum Gasteiger partial charge on any atom is -0.366 e. The number of nitrogens with zero attached hydrogens (tertiary/aromatic N) is 2. The molecule has 6 nitrogen and oxygen atoms in total. The standard InChI is InChI=1S/C14H20N4O2/c1-17(2)14(20)12-9-16-7-8-18(12)11-5-3-10(4-6-11)13(15)19/h3-6,12,16H,7-9H2,1-2H3,(H2,15,19). The van der Waals surface area contributed by atoms with Gasteiger partial charge in [-0.1, -0.05) is 0 Å². The third-order valence-electron chi connectivity index (χ3n) is 3.45. The quantitative estimate of drug-likeness (QED) is 0.791. The molecule has 0 bridgehead atoms. The summed E-state index contributed by atoms with van der Waals surface area (Å²) in [6, 6.07) is 6.83. The number of amides is 2. The highest BCUT2D eigenvalue weighted by Crippen LogP contribution is 2.20. The number of nitrogens with one attached hydrogen (secondary N) is 1. The van der Waals surface area contributed by atoms with Crippen LogP contribution in [0.3, 0.4) is 0 Å². The summed E-state index contributed by atoms with van der Waals surface area (Å²) in [5, 5.41) is 3.24. The SMILES string of the molecule is CN(C)C(=O)C1CNCCN1c1ccc(C(N)=O)cc1. The van der Waals surface area contributed by atoms with Crippen molar-refractivity contribution in [2.75, 3.05) is 38.6 Å². The molecule has 1 aliphatic rings. The molecular weight excluding hydrogens is 256 g/mol. The highest BCUT2D eigenvalue weighted by molar-refractivity contribution is 5.93. The molecule has 0 spiro atoms. The Morgan fingerprint density at radius 3 is 2.50 bits per heavy atom. The van der Waals surface area contributed by atoms with E-state index in [9.17, 15) is 9.59 Å². The lowest BCUT2D eigenvalue weighted by atomic mass is 10.1. The predicted octanol–water partition coefficient (Wildman–Crippen LogP) is -0.348. The first-order valence-electron chi connectivity index (χ1n) is 6.59. The number of carbonyl (C=O) groups excluding carboxylic acids is 2. The van der Waals surface area contributed by atoms with Gasteiger partial charge >= 0.3 is 0 Å². The van der Waals surface area contributed by atoms with Gasteiger partial charge in [-0.2, -0.15) is 0 Å². The Balaban J connectivity index is 2.23. The maximum Gasteiger partial charge on any atom is 0.248 e. The van der Waals surface area contributed by atoms with E-state index in [1.165, 1.54) is 0 Å². The second kappa shape index (κ2) is 5.92. The van der Waals surface area contributed by atoms with Crippen LogP contribution in [0.4, 0.5) is 5.69 Å². The smallest absolute Gasteiger partial charge is 0.248 e. The Morgan fingerprint density at radius 1 is 1.30 bits per heavy atom. The topological polar surface area (TPSA) is 78.7 Å². The van der Waals surface area contributed by atoms with Crippen molar-refractivity contribution in [1.29, 1.82) is 0 Å². The molecule has 1 heterocycles. The highest BCUT2D eigenvalue weighted by Gasteiger charge is 2.29. The van der Waals surface area contributed by atoms with E-state index < -0.39 is 5.91 Å². The zero-order chi connectivity index (χ0) is 14.7. The molecule has 1 fully saturated rings. The van der Waals surface area contributed by atoms with Gasteiger partial charge in [-0.05, 0) is 24.3 Å². The number of carbonyl (C=O) groups is 2. The monoisotopic (exact) mass is 276 g/mol. The number of piperazine rings is 1. The van der Waals surface area contributed by atoms with Crippen molar-refractivity contribution < 1.29 is 9.59 Å². The van der Waals surface area contributed by atoms with Crippen molar-refractivity contribution in [1.82, 2.24) is 10.2 Å². The lowest BCUT2D eigenvalue weighted by molar-refractivity contribution is -0.130. The molecule has 1 unspecified atom stereocenters. The number of nitrogens with two attached hydrogens (primary N) is 1. The van der Waals surface area contributed by atoms with Crippen LogP contribution < -0.4 is 16.0 Å². The fraction of sp³-hybridized carbons (Fsp3) is 0.429. The summed E-state index contributed by atoms with van der Waals surface area (Å²) in [5.41, 5.74) is 6.63. The highest BCUT2D eigenvalue weighted by atomic mass is 16.2. The summed E-state index contributed by atoms with van der Waals surface area (Å²) in [6.07, 6.45) is 0. The third-order valence-corrected chi connectivity index (χ3v) is 3.45. The Bertz CT molecular complexity index is 498. The first kappa shape index (κ1) is 14.3. The van der Waals surface area contributed by atoms with Gasteiger partial charge in [0.25, 0.3) is 0 Å². The Labute approximate surface area is 118 Å². The Morgan fingerprint density at radius 2 is 1.95 bits per heavy atom. The Hall–Kier alpha value is -2.08. The van der Waals surface area contributed by atoms with Crippen LogP contribution >= 0.6 is 0 Å². The summed E-state index contributed by atoms with van der Waals surface area (Å²) >= 11 is 0. The summed E-state index contributed by atoms with van der Waals surface area (Å²) < 4.78 is 0. The normalized spacial score (nSPS) is 18.7. The van der Waals surface area contributed by atoms with Gasteiger partial charge in [0.2, 0.25) is 11.8 Å². The number of anilines is 1. The van der Waals surface area contributed by atoms with E-state index in [4.69, 9.17) is 5.73 Å². The zero-order valence-electron chi connectivity index (χ0n) is 11.8. The fourth-order valence-corrected chi connectivity index (χ4v) is 2.35. The molecule has 0 radical (unpaired) electrons. The maximum absolute atomic E-state index is 12.2. The molecule has 1 aromatic rings. The van der Waals surface area contributed by atoms with Gasteiger partial charge in [-0.15, -0.1) is 0 Å². The first-order chi connectivity index (χ1) is 9.50. The lowest BCUT2D eigenvalue weighted by Crippen LogP contribution is -2.57. The average molecular weight is 276 g/mol. The molecule has 2 amide bonds. The molecule has 1 aliphatic heterocycles. The Kier molecular flexibility index (Phi) is 4.24. The molecular formula is C14H20N4O2. The number of benzene rings is 1. The van der Waals surface area contributed by atoms with Crippen molar-refractivity contribution in [2.24, 2.45) is 5.73 Å². The van der Waals surface area contributed by atoms with Crippen molar-refractivity contribution in [2.45, 2.75) is 6.04 Å². The molecule has 0 aliphatic carbocycles. The largest absolute Gasteiger partial charge is 0.366 e. The summed E-state index contributed by atoms with van der Waals surface area (Å²) in [7, 11) is 3.51. The molecule has 1 saturated heterocycles. The number of rotatable bonds is 3. The molecule has 2 rings (SSSR count). The van der Waals surface area contributed by atoms with Gasteiger partial charge in [0.1, 0.15) is 6.04 Å². The van der Waals surface area contributed by atoms with Gasteiger partial charge in [0.15, 0.2) is 0 Å². The van der Waals surface area contributed by atoms with Crippen LogP contribution in [0, 0.1) is 0 Å². The van der Waals surface area contributed by atoms with Gasteiger partial charge in [-0.3, -0.25) is 9.59 Å². The second-order valence-electron chi connectivity index (χ2n) is 5.06. The molecule has 108 valence electrons. The van der Waals surface area contributed by atoms with E-state index in [-0.39, 0.29) is 11.9 Å². The minimum absolute atomic E-state index is 0.0659. The number of hydrogen-bond donors (Lipinski definition) is 2. The van der Waals surface area contributed by atoms with Gasteiger partial charge in [0, 0.05) is 45.0 Å². The van der Waals surface area contributed by atoms with Crippen LogP contribution in [0.15, 0.2) is 24.3 Å². The molecule has 20 heavy (non-hydrogen) atoms. The third kappa shape index (κ3) is 2.91. The summed E-state index contributed by atoms with van der Waals surface area (Å²) in [4.78, 5) is 27.0. The van der Waals surface area contributed by atoms with E-state index in [1.54, 1.807) is 31.1 Å². The van der Waals surface area contributed by atoms with Crippen molar-refractivity contribution >= 4 is 17.5 Å². The fourth-order valence-electron chi connectivity index (χ4n) is 2.35. The maximum atomic E-state index is 12.2. The van der Waals surface area contributed by atoms with Crippen molar-refractivity contribution in [3.8, 4) is 0 Å². The summed E-state index contributed by atoms with van der Waals surface area (Å²) in [6.45, 7) is 2.20. The van der Waals surface area contributed by atoms with E-state index in [0.29, 0.717) is 12.1 Å². The number of hydrogen-bond acceptors (Lipinski definition) is 4. The molecule has 0 saturated carbocycles. The molecule has 3 N–H and O–H groups in total. The van der Waals surface area contributed by atoms with Crippen LogP contribution in [0.1, 0.15) is 10.4 Å². The van der Waals surface area contributed by atoms with E-state index in [0.717, 1.165) is 18.8 Å². The van der Waals surface area contributed by atoms with E-state index in [1.807, 2.05) is 12.1 Å². The zero-order valence-corrected chi connectivity index (χ0v) is 11.8. The van der Waals surface area contributed by atoms with Crippen LogP contribution in [-0.4, -0.2) is 56.5 Å². The molecule has 6 heteroatoms. The molecule has 1 aromatic carbocycles. The van der Waals surface area contributed by atoms with Crippen molar-refractivity contribution in [3.63, 3.8) is 0 Å². The second-order valence-corrected chi connectivity index (χ2v) is 5.06. The summed E-state index contributed by atoms with van der Waals surface area (Å²) in [5.74, 6) is -0.381. The van der Waals surface area contributed by atoms with Crippen LogP contribution in [0.25, 0.3) is 0 Å². The number of primary amides is 1. The van der Waals surface area contributed by atoms with Gasteiger partial charge in [-0.25, -0.2) is 0 Å². The first-order valence-corrected chi connectivity index (χ1v) is 6.59. The molecule has 0 aromatic heterocycles. The van der Waals surface area contributed by atoms with Crippen LogP contribution in [0.5, 0.6) is 0 Å². The lowest BCUT2D eigenvalue weighted by Gasteiger charge is -2.38. The van der Waals surface area contributed by atoms with Gasteiger partial charge in [0.05, 0.1) is 0 Å². The van der Waals surface area contributed by atoms with Crippen molar-refractivity contribution in [3.05, 3.63) is 29.8 Å². The van der Waals surface area contributed by atoms with Crippen LogP contribution in [0.2, 0.25) is 0 Å². The van der Waals surface area contributed by atoms with E-state index >= 15 is 0 Å². The predicted molar refractivity (Wildman–Crippen MR) is 77.7 cm³/mol.